The van der Waals surface area contributed by atoms with E-state index in [1.54, 1.807) is 6.07 Å². The van der Waals surface area contributed by atoms with E-state index >= 15 is 0 Å². The Hall–Kier alpha value is -2.29. The van der Waals surface area contributed by atoms with Crippen molar-refractivity contribution in [2.45, 2.75) is 20.3 Å². The topological polar surface area (TPSA) is 35.5 Å². The molecule has 0 aliphatic rings. The number of para-hydroxylation sites is 1. The van der Waals surface area contributed by atoms with Crippen molar-refractivity contribution in [2.75, 3.05) is 0 Å². The Morgan fingerprint density at radius 2 is 1.70 bits per heavy atom. The molecule has 3 heteroatoms. The maximum atomic E-state index is 11.6. The second-order valence-electron chi connectivity index (χ2n) is 4.66. The molecule has 2 aromatic carbocycles. The Labute approximate surface area is 119 Å². The average molecular weight is 270 g/mol. The highest BCUT2D eigenvalue weighted by atomic mass is 17.2. The third kappa shape index (κ3) is 3.38. The lowest BCUT2D eigenvalue weighted by Gasteiger charge is -2.11. The van der Waals surface area contributed by atoms with Crippen LogP contribution in [-0.4, -0.2) is 5.97 Å². The van der Waals surface area contributed by atoms with E-state index in [1.807, 2.05) is 62.4 Å². The molecule has 0 fully saturated rings. The van der Waals surface area contributed by atoms with E-state index in [2.05, 4.69) is 0 Å². The van der Waals surface area contributed by atoms with Crippen LogP contribution in [0.15, 0.2) is 54.6 Å². The van der Waals surface area contributed by atoms with Crippen LogP contribution in [0.3, 0.4) is 0 Å². The van der Waals surface area contributed by atoms with Gasteiger partial charge in [0.15, 0.2) is 5.75 Å². The average Bonchev–Trinajstić information content (AvgIpc) is 2.53. The van der Waals surface area contributed by atoms with Gasteiger partial charge in [-0.05, 0) is 18.1 Å². The normalized spacial score (nSPS) is 11.7. The first-order valence-corrected chi connectivity index (χ1v) is 6.75. The number of rotatable bonds is 5. The minimum Gasteiger partial charge on any atom is -0.286 e. The lowest BCUT2D eigenvalue weighted by Crippen LogP contribution is -2.16. The van der Waals surface area contributed by atoms with Crippen molar-refractivity contribution >= 4 is 5.97 Å². The molecule has 0 spiro atoms. The van der Waals surface area contributed by atoms with Gasteiger partial charge in [-0.25, -0.2) is 4.79 Å². The fourth-order valence-electron chi connectivity index (χ4n) is 1.73. The summed E-state index contributed by atoms with van der Waals surface area (Å²) in [4.78, 5) is 21.8. The molecule has 0 saturated heterocycles. The molecule has 0 radical (unpaired) electrons. The van der Waals surface area contributed by atoms with E-state index in [9.17, 15) is 4.79 Å². The first-order chi connectivity index (χ1) is 9.72. The van der Waals surface area contributed by atoms with Crippen molar-refractivity contribution in [3.05, 3.63) is 54.6 Å². The van der Waals surface area contributed by atoms with Crippen LogP contribution < -0.4 is 4.89 Å². The fourth-order valence-corrected chi connectivity index (χ4v) is 1.73. The highest BCUT2D eigenvalue weighted by Crippen LogP contribution is 2.29. The number of hydrogen-bond donors (Lipinski definition) is 0. The van der Waals surface area contributed by atoms with Gasteiger partial charge in [0.25, 0.3) is 0 Å². The largest absolute Gasteiger partial charge is 0.358 e. The molecule has 1 unspecified atom stereocenters. The molecule has 3 nitrogen and oxygen atoms in total. The van der Waals surface area contributed by atoms with Crippen LogP contribution in [0.1, 0.15) is 20.3 Å². The predicted octanol–water partition coefficient (Wildman–Crippen LogP) is 4.24. The first-order valence-electron chi connectivity index (χ1n) is 6.75. The van der Waals surface area contributed by atoms with E-state index in [4.69, 9.17) is 9.78 Å². The molecule has 0 aromatic heterocycles. The van der Waals surface area contributed by atoms with E-state index < -0.39 is 0 Å². The van der Waals surface area contributed by atoms with E-state index in [1.165, 1.54) is 0 Å². The monoisotopic (exact) mass is 270 g/mol. The van der Waals surface area contributed by atoms with Gasteiger partial charge in [-0.15, -0.1) is 0 Å². The molecule has 0 aliphatic heterocycles. The Kier molecular flexibility index (Phi) is 4.77. The zero-order valence-electron chi connectivity index (χ0n) is 11.7. The lowest BCUT2D eigenvalue weighted by atomic mass is 10.1. The van der Waals surface area contributed by atoms with Gasteiger partial charge < -0.3 is 0 Å². The lowest BCUT2D eigenvalue weighted by molar-refractivity contribution is -0.218. The molecular formula is C17H18O3. The molecule has 0 bridgehead atoms. The molecule has 20 heavy (non-hydrogen) atoms. The standard InChI is InChI=1S/C17H18O3/c1-3-13(2)17(18)20-19-16-12-8-7-11-15(16)14-9-5-4-6-10-14/h4-13H,3H2,1-2H3. The SMILES string of the molecule is CCC(C)C(=O)OOc1ccccc1-c1ccccc1. The zero-order chi connectivity index (χ0) is 14.4. The Morgan fingerprint density at radius 3 is 2.40 bits per heavy atom. The Balaban J connectivity index is 2.15. The van der Waals surface area contributed by atoms with Crippen molar-refractivity contribution in [1.82, 2.24) is 0 Å². The summed E-state index contributed by atoms with van der Waals surface area (Å²) in [6, 6.07) is 17.3. The van der Waals surface area contributed by atoms with Crippen LogP contribution >= 0.6 is 0 Å². The molecule has 0 heterocycles. The second kappa shape index (κ2) is 6.75. The maximum Gasteiger partial charge on any atom is 0.358 e. The van der Waals surface area contributed by atoms with Crippen molar-refractivity contribution in [1.29, 1.82) is 0 Å². The molecule has 104 valence electrons. The van der Waals surface area contributed by atoms with Gasteiger partial charge in [0.05, 0.1) is 5.92 Å². The van der Waals surface area contributed by atoms with Crippen LogP contribution in [-0.2, 0) is 9.68 Å². The molecule has 1 atom stereocenters. The minimum absolute atomic E-state index is 0.168. The van der Waals surface area contributed by atoms with Crippen molar-refractivity contribution in [2.24, 2.45) is 5.92 Å². The predicted molar refractivity (Wildman–Crippen MR) is 78.1 cm³/mol. The van der Waals surface area contributed by atoms with Gasteiger partial charge in [-0.2, -0.15) is 0 Å². The van der Waals surface area contributed by atoms with E-state index in [0.717, 1.165) is 17.5 Å². The number of hydrogen-bond acceptors (Lipinski definition) is 3. The number of carbonyl (C=O) groups excluding carboxylic acids is 1. The van der Waals surface area contributed by atoms with Crippen LogP contribution in [0, 0.1) is 5.92 Å². The molecule has 0 N–H and O–H groups in total. The molecule has 0 amide bonds. The van der Waals surface area contributed by atoms with Crippen molar-refractivity contribution in [3.63, 3.8) is 0 Å². The van der Waals surface area contributed by atoms with Crippen LogP contribution in [0.4, 0.5) is 0 Å². The Morgan fingerprint density at radius 1 is 1.05 bits per heavy atom. The number of benzene rings is 2. The highest BCUT2D eigenvalue weighted by Gasteiger charge is 2.15. The second-order valence-corrected chi connectivity index (χ2v) is 4.66. The summed E-state index contributed by atoms with van der Waals surface area (Å²) in [5.74, 6) is 0.0182. The molecular weight excluding hydrogens is 252 g/mol. The van der Waals surface area contributed by atoms with Crippen LogP contribution in [0.2, 0.25) is 0 Å². The van der Waals surface area contributed by atoms with Crippen LogP contribution in [0.25, 0.3) is 11.1 Å². The quantitative estimate of drug-likeness (QED) is 0.602. The Bertz CT molecular complexity index is 563. The zero-order valence-corrected chi connectivity index (χ0v) is 11.7. The van der Waals surface area contributed by atoms with Gasteiger partial charge in [0.2, 0.25) is 0 Å². The van der Waals surface area contributed by atoms with Crippen LogP contribution in [0.5, 0.6) is 5.75 Å². The van der Waals surface area contributed by atoms with E-state index in [-0.39, 0.29) is 11.9 Å². The van der Waals surface area contributed by atoms with Gasteiger partial charge in [-0.3, -0.25) is 9.78 Å². The summed E-state index contributed by atoms with van der Waals surface area (Å²) in [5.41, 5.74) is 1.91. The first kappa shape index (κ1) is 14.1. The minimum atomic E-state index is -0.352. The third-order valence-electron chi connectivity index (χ3n) is 3.20. The van der Waals surface area contributed by atoms with Crippen molar-refractivity contribution in [3.8, 4) is 16.9 Å². The summed E-state index contributed by atoms with van der Waals surface area (Å²) >= 11 is 0. The summed E-state index contributed by atoms with van der Waals surface area (Å²) in [7, 11) is 0. The van der Waals surface area contributed by atoms with Gasteiger partial charge in [-0.1, -0.05) is 62.4 Å². The smallest absolute Gasteiger partial charge is 0.286 e. The molecule has 2 aromatic rings. The summed E-state index contributed by atoms with van der Waals surface area (Å²) in [5, 5.41) is 0. The molecule has 0 saturated carbocycles. The summed E-state index contributed by atoms with van der Waals surface area (Å²) in [6.07, 6.45) is 0.725. The molecule has 2 rings (SSSR count). The highest BCUT2D eigenvalue weighted by molar-refractivity contribution is 5.72. The third-order valence-corrected chi connectivity index (χ3v) is 3.20. The summed E-state index contributed by atoms with van der Waals surface area (Å²) < 4.78 is 0. The maximum absolute atomic E-state index is 11.6. The summed E-state index contributed by atoms with van der Waals surface area (Å²) in [6.45, 7) is 3.75. The van der Waals surface area contributed by atoms with Gasteiger partial charge in [0, 0.05) is 5.56 Å². The number of carbonyl (C=O) groups is 1. The van der Waals surface area contributed by atoms with Crippen molar-refractivity contribution < 1.29 is 14.6 Å². The molecule has 0 aliphatic carbocycles. The van der Waals surface area contributed by atoms with Gasteiger partial charge in [0.1, 0.15) is 0 Å². The van der Waals surface area contributed by atoms with Gasteiger partial charge >= 0.3 is 5.97 Å². The van der Waals surface area contributed by atoms with E-state index in [0.29, 0.717) is 5.75 Å². The fraction of sp³-hybridized carbons (Fsp3) is 0.235.